The second-order valence-corrected chi connectivity index (χ2v) is 12.9. The predicted molar refractivity (Wildman–Crippen MR) is 168 cm³/mol. The van der Waals surface area contributed by atoms with E-state index >= 15 is 0 Å². The lowest BCUT2D eigenvalue weighted by Crippen LogP contribution is -2.55. The highest BCUT2D eigenvalue weighted by Crippen LogP contribution is 2.29. The molecule has 0 bridgehead atoms. The van der Waals surface area contributed by atoms with E-state index in [2.05, 4.69) is 21.3 Å². The maximum Gasteiger partial charge on any atom is 0.312 e. The summed E-state index contributed by atoms with van der Waals surface area (Å²) in [6.07, 6.45) is 11.1. The molecule has 0 spiro atoms. The van der Waals surface area contributed by atoms with E-state index < -0.39 is 36.1 Å². The van der Waals surface area contributed by atoms with Gasteiger partial charge in [0, 0.05) is 24.9 Å². The van der Waals surface area contributed by atoms with Crippen molar-refractivity contribution in [3.05, 3.63) is 0 Å². The number of hydrogen-bond acceptors (Lipinski definition) is 5. The number of amides is 6. The van der Waals surface area contributed by atoms with Gasteiger partial charge in [0.2, 0.25) is 31.6 Å². The summed E-state index contributed by atoms with van der Waals surface area (Å²) in [6, 6.07) is -2.72. The van der Waals surface area contributed by atoms with Gasteiger partial charge in [-0.3, -0.25) is 19.2 Å². The highest BCUT2D eigenvalue weighted by atomic mass is 19.1. The molecule has 0 heterocycles. The molecule has 11 nitrogen and oxygen atoms in total. The zero-order chi connectivity index (χ0) is 32.5. The maximum absolute atomic E-state index is 13.7. The molecule has 2 rings (SSSR count). The zero-order valence-corrected chi connectivity index (χ0v) is 26.6. The summed E-state index contributed by atoms with van der Waals surface area (Å²) in [6.45, 7) is 3.82. The molecule has 2 fully saturated rings. The number of rotatable bonds is 15. The molecule has 7 N–H and O–H groups in total. The Morgan fingerprint density at radius 1 is 0.818 bits per heavy atom. The zero-order valence-electron chi connectivity index (χ0n) is 26.6. The number of alkyl halides is 1. The quantitative estimate of drug-likeness (QED) is 0.122. The Morgan fingerprint density at radius 2 is 1.43 bits per heavy atom. The first-order valence-corrected chi connectivity index (χ1v) is 16.6. The summed E-state index contributed by atoms with van der Waals surface area (Å²) in [4.78, 5) is 62.9. The molecule has 248 valence electrons. The summed E-state index contributed by atoms with van der Waals surface area (Å²) in [5.74, 6) is -1.69. The average molecular weight is 621 g/mol. The van der Waals surface area contributed by atoms with E-state index in [0.29, 0.717) is 38.5 Å². The van der Waals surface area contributed by atoms with Crippen molar-refractivity contribution >= 4 is 37.6 Å². The van der Waals surface area contributed by atoms with E-state index in [1.807, 2.05) is 5.23 Å². The van der Waals surface area contributed by atoms with Crippen LogP contribution in [0, 0.1) is 17.8 Å². The van der Waals surface area contributed by atoms with E-state index in [1.165, 1.54) is 12.8 Å². The van der Waals surface area contributed by atoms with Crippen molar-refractivity contribution in [1.82, 2.24) is 26.5 Å². The highest BCUT2D eigenvalue weighted by Gasteiger charge is 2.32. The van der Waals surface area contributed by atoms with Crippen LogP contribution in [-0.2, 0) is 19.2 Å². The van der Waals surface area contributed by atoms with E-state index in [0.717, 1.165) is 38.5 Å². The average Bonchev–Trinajstić information content (AvgIpc) is 3.13. The Hall–Kier alpha value is -2.86. The van der Waals surface area contributed by atoms with Crippen LogP contribution in [0.25, 0.3) is 0 Å². The van der Waals surface area contributed by atoms with Gasteiger partial charge >= 0.3 is 6.03 Å². The molecule has 0 aromatic rings. The first-order valence-electron chi connectivity index (χ1n) is 16.6. The molecule has 2 aliphatic carbocycles. The van der Waals surface area contributed by atoms with Crippen LogP contribution >= 0.6 is 0 Å². The van der Waals surface area contributed by atoms with Crippen molar-refractivity contribution in [1.29, 1.82) is 0 Å². The normalized spacial score (nSPS) is 21.8. The number of nitrogens with two attached hydrogens (primary N) is 1. The minimum Gasteiger partial charge on any atom is -0.407 e. The Labute approximate surface area is 263 Å². The van der Waals surface area contributed by atoms with Gasteiger partial charge < -0.3 is 32.2 Å². The summed E-state index contributed by atoms with van der Waals surface area (Å²) in [5.41, 5.74) is 5.07. The van der Waals surface area contributed by atoms with Crippen LogP contribution in [-0.4, -0.2) is 68.5 Å². The molecule has 2 saturated carbocycles. The molecule has 13 heteroatoms. The second-order valence-electron chi connectivity index (χ2n) is 12.9. The summed E-state index contributed by atoms with van der Waals surface area (Å²) in [7, 11) is 5.31. The van der Waals surface area contributed by atoms with Crippen molar-refractivity contribution in [2.45, 2.75) is 141 Å². The molecular weight excluding hydrogens is 566 g/mol. The van der Waals surface area contributed by atoms with E-state index in [9.17, 15) is 28.4 Å². The fraction of sp³-hybridized carbons (Fsp3) is 0.839. The standard InChI is InChI=1S/C31H54BFN6O5/c1-20(2)27(30(43)37-25(29(42)39-32)12-9-19-35-31(34)44)38-26(40)18-17-24(21-10-7-5-3-4-6-8-11-21)36-28(41)22-13-15-23(33)16-14-22/h20-25,27H,3-19H2,1-2H3,(H,36,41)(H,37,43)(H,38,40)(H,39,42)(H3,34,35,44)/t22?,23?,24-,25-,27?/m0/s1. The van der Waals surface area contributed by atoms with E-state index in [4.69, 9.17) is 13.7 Å². The third kappa shape index (κ3) is 13.8. The first kappa shape index (κ1) is 37.3. The van der Waals surface area contributed by atoms with Crippen LogP contribution in [0.15, 0.2) is 0 Å². The Balaban J connectivity index is 2.03. The Bertz CT molecular complexity index is 923. The Kier molecular flexibility index (Phi) is 17.2. The molecule has 6 amide bonds. The van der Waals surface area contributed by atoms with Crippen LogP contribution in [0.5, 0.6) is 0 Å². The van der Waals surface area contributed by atoms with Gasteiger partial charge in [-0.25, -0.2) is 9.18 Å². The number of nitrogens with one attached hydrogen (secondary N) is 5. The van der Waals surface area contributed by atoms with Crippen LogP contribution in [0.3, 0.4) is 0 Å². The van der Waals surface area contributed by atoms with Gasteiger partial charge in [0.15, 0.2) is 0 Å². The van der Waals surface area contributed by atoms with E-state index in [1.54, 1.807) is 13.8 Å². The molecule has 3 atom stereocenters. The number of urea groups is 1. The van der Waals surface area contributed by atoms with Crippen molar-refractivity contribution in [3.63, 3.8) is 0 Å². The molecule has 0 aromatic carbocycles. The molecule has 0 aliphatic heterocycles. The fourth-order valence-electron chi connectivity index (χ4n) is 6.32. The van der Waals surface area contributed by atoms with Crippen molar-refractivity contribution < 1.29 is 28.4 Å². The lowest BCUT2D eigenvalue weighted by Gasteiger charge is -2.31. The molecule has 0 aromatic heterocycles. The smallest absolute Gasteiger partial charge is 0.312 e. The molecule has 44 heavy (non-hydrogen) atoms. The van der Waals surface area contributed by atoms with Gasteiger partial charge in [0.25, 0.3) is 0 Å². The van der Waals surface area contributed by atoms with Gasteiger partial charge in [0.1, 0.15) is 18.3 Å². The van der Waals surface area contributed by atoms with E-state index in [-0.39, 0.29) is 55.0 Å². The lowest BCUT2D eigenvalue weighted by molar-refractivity contribution is -0.133. The van der Waals surface area contributed by atoms with Gasteiger partial charge in [0.05, 0.1) is 0 Å². The fourth-order valence-corrected chi connectivity index (χ4v) is 6.32. The summed E-state index contributed by atoms with van der Waals surface area (Å²) >= 11 is 0. The van der Waals surface area contributed by atoms with Gasteiger partial charge in [-0.15, -0.1) is 0 Å². The number of hydrogen-bond donors (Lipinski definition) is 6. The maximum atomic E-state index is 13.7. The molecule has 2 aliphatic rings. The third-order valence-corrected chi connectivity index (χ3v) is 9.02. The number of carbonyl (C=O) groups is 5. The molecule has 0 saturated heterocycles. The number of halogens is 1. The van der Waals surface area contributed by atoms with Gasteiger partial charge in [-0.05, 0) is 69.6 Å². The summed E-state index contributed by atoms with van der Waals surface area (Å²) in [5, 5.41) is 13.2. The van der Waals surface area contributed by atoms with Crippen LogP contribution in [0.1, 0.15) is 117 Å². The topological polar surface area (TPSA) is 172 Å². The predicted octanol–water partition coefficient (Wildman–Crippen LogP) is 2.80. The number of primary amides is 1. The molecular formula is C31H54BFN6O5. The van der Waals surface area contributed by atoms with Crippen molar-refractivity contribution in [3.8, 4) is 0 Å². The monoisotopic (exact) mass is 620 g/mol. The van der Waals surface area contributed by atoms with Crippen LogP contribution < -0.4 is 32.2 Å². The molecule has 2 radical (unpaired) electrons. The van der Waals surface area contributed by atoms with Crippen LogP contribution in [0.4, 0.5) is 9.18 Å². The minimum atomic E-state index is -0.962. The third-order valence-electron chi connectivity index (χ3n) is 9.02. The largest absolute Gasteiger partial charge is 0.407 e. The second kappa shape index (κ2) is 20.2. The molecule has 1 unspecified atom stereocenters. The Morgan fingerprint density at radius 3 is 2.00 bits per heavy atom. The summed E-state index contributed by atoms with van der Waals surface area (Å²) < 4.78 is 13.7. The number of carbonyl (C=O) groups excluding carboxylic acids is 5. The van der Waals surface area contributed by atoms with Gasteiger partial charge in [-0.2, -0.15) is 0 Å². The van der Waals surface area contributed by atoms with Gasteiger partial charge in [-0.1, -0.05) is 52.4 Å². The highest BCUT2D eigenvalue weighted by molar-refractivity contribution is 6.15. The van der Waals surface area contributed by atoms with Crippen LogP contribution in [0.2, 0.25) is 0 Å². The first-order chi connectivity index (χ1) is 21.0. The van der Waals surface area contributed by atoms with Crippen molar-refractivity contribution in [2.24, 2.45) is 23.5 Å². The lowest BCUT2D eigenvalue weighted by atomic mass is 9.84. The van der Waals surface area contributed by atoms with Crippen molar-refractivity contribution in [2.75, 3.05) is 6.54 Å². The SMILES string of the molecule is [B]NC(=O)[C@H](CCCNC(N)=O)NC(=O)C(NC(=O)CC[C@H](NC(=O)C1CCC(F)CC1)C1CCCCCCCC1)C(C)C. The minimum absolute atomic E-state index is 0.0446.